The standard InChI is InChI=1S/C14H19FN2/c1-3-4-5-11(2)17-10-13-6-12(9-16)7-14(15)8-13/h6-8,11,17H,3-5,10H2,1-2H3. The number of hydrogen-bond acceptors (Lipinski definition) is 2. The van der Waals surface area contributed by atoms with Crippen molar-refractivity contribution in [3.63, 3.8) is 0 Å². The van der Waals surface area contributed by atoms with Crippen LogP contribution in [-0.2, 0) is 6.54 Å². The Morgan fingerprint density at radius 1 is 1.41 bits per heavy atom. The highest BCUT2D eigenvalue weighted by atomic mass is 19.1. The Morgan fingerprint density at radius 2 is 2.18 bits per heavy atom. The second-order valence-electron chi connectivity index (χ2n) is 4.38. The summed E-state index contributed by atoms with van der Waals surface area (Å²) in [6.45, 7) is 4.90. The molecular weight excluding hydrogens is 215 g/mol. The van der Waals surface area contributed by atoms with Crippen LogP contribution in [0.1, 0.15) is 44.2 Å². The molecule has 0 saturated carbocycles. The van der Waals surface area contributed by atoms with E-state index in [2.05, 4.69) is 19.2 Å². The summed E-state index contributed by atoms with van der Waals surface area (Å²) in [5.41, 5.74) is 1.20. The van der Waals surface area contributed by atoms with E-state index in [9.17, 15) is 4.39 Å². The molecule has 2 nitrogen and oxygen atoms in total. The van der Waals surface area contributed by atoms with Crippen LogP contribution in [0.15, 0.2) is 18.2 Å². The smallest absolute Gasteiger partial charge is 0.124 e. The van der Waals surface area contributed by atoms with Gasteiger partial charge in [0.15, 0.2) is 0 Å². The van der Waals surface area contributed by atoms with Crippen LogP contribution in [0.2, 0.25) is 0 Å². The first-order valence-corrected chi connectivity index (χ1v) is 6.08. The summed E-state index contributed by atoms with van der Waals surface area (Å²) in [5, 5.41) is 12.1. The Balaban J connectivity index is 2.51. The monoisotopic (exact) mass is 234 g/mol. The highest BCUT2D eigenvalue weighted by molar-refractivity contribution is 5.33. The molecule has 0 heterocycles. The zero-order valence-electron chi connectivity index (χ0n) is 10.5. The molecule has 0 fully saturated rings. The Labute approximate surface area is 102 Å². The molecule has 17 heavy (non-hydrogen) atoms. The number of hydrogen-bond donors (Lipinski definition) is 1. The Bertz CT molecular complexity index is 396. The van der Waals surface area contributed by atoms with Gasteiger partial charge in [0, 0.05) is 12.6 Å². The van der Waals surface area contributed by atoms with E-state index in [1.807, 2.05) is 6.07 Å². The molecule has 0 aliphatic carbocycles. The molecule has 1 aromatic rings. The second kappa shape index (κ2) is 7.03. The Kier molecular flexibility index (Phi) is 5.65. The molecule has 0 radical (unpaired) electrons. The zero-order valence-corrected chi connectivity index (χ0v) is 10.5. The quantitative estimate of drug-likeness (QED) is 0.819. The summed E-state index contributed by atoms with van der Waals surface area (Å²) >= 11 is 0. The summed E-state index contributed by atoms with van der Waals surface area (Å²) in [7, 11) is 0. The van der Waals surface area contributed by atoms with Gasteiger partial charge in [0.2, 0.25) is 0 Å². The van der Waals surface area contributed by atoms with Gasteiger partial charge in [0.1, 0.15) is 5.82 Å². The SMILES string of the molecule is CCCCC(C)NCc1cc(F)cc(C#N)c1. The van der Waals surface area contributed by atoms with Crippen molar-refractivity contribution < 1.29 is 4.39 Å². The van der Waals surface area contributed by atoms with E-state index in [1.165, 1.54) is 25.0 Å². The maximum absolute atomic E-state index is 13.2. The molecule has 1 N–H and O–H groups in total. The third kappa shape index (κ3) is 4.97. The highest BCUT2D eigenvalue weighted by Gasteiger charge is 2.03. The van der Waals surface area contributed by atoms with Gasteiger partial charge >= 0.3 is 0 Å². The van der Waals surface area contributed by atoms with Crippen LogP contribution in [0, 0.1) is 17.1 Å². The predicted octanol–water partition coefficient (Wildman–Crippen LogP) is 3.37. The summed E-state index contributed by atoms with van der Waals surface area (Å²) in [6, 6.07) is 6.83. The normalized spacial score (nSPS) is 12.1. The molecular formula is C14H19FN2. The van der Waals surface area contributed by atoms with E-state index >= 15 is 0 Å². The first-order valence-electron chi connectivity index (χ1n) is 6.08. The van der Waals surface area contributed by atoms with E-state index in [1.54, 1.807) is 6.07 Å². The topological polar surface area (TPSA) is 35.8 Å². The van der Waals surface area contributed by atoms with Gasteiger partial charge in [-0.1, -0.05) is 19.8 Å². The number of unbranched alkanes of at least 4 members (excludes halogenated alkanes) is 1. The van der Waals surface area contributed by atoms with Gasteiger partial charge in [0.25, 0.3) is 0 Å². The second-order valence-corrected chi connectivity index (χ2v) is 4.38. The molecule has 1 unspecified atom stereocenters. The summed E-state index contributed by atoms with van der Waals surface area (Å²) in [6.07, 6.45) is 3.50. The third-order valence-corrected chi connectivity index (χ3v) is 2.73. The van der Waals surface area contributed by atoms with E-state index in [0.29, 0.717) is 18.2 Å². The molecule has 1 rings (SSSR count). The first kappa shape index (κ1) is 13.7. The molecule has 0 aromatic heterocycles. The third-order valence-electron chi connectivity index (χ3n) is 2.73. The minimum absolute atomic E-state index is 0.345. The van der Waals surface area contributed by atoms with Crippen molar-refractivity contribution >= 4 is 0 Å². The van der Waals surface area contributed by atoms with E-state index < -0.39 is 0 Å². The van der Waals surface area contributed by atoms with Crippen molar-refractivity contribution in [2.45, 2.75) is 45.7 Å². The van der Waals surface area contributed by atoms with Crippen LogP contribution >= 0.6 is 0 Å². The fraction of sp³-hybridized carbons (Fsp3) is 0.500. The van der Waals surface area contributed by atoms with Crippen LogP contribution in [0.3, 0.4) is 0 Å². The van der Waals surface area contributed by atoms with Crippen molar-refractivity contribution in [2.24, 2.45) is 0 Å². The summed E-state index contributed by atoms with van der Waals surface area (Å²) < 4.78 is 13.2. The molecule has 0 aliphatic heterocycles. The number of halogens is 1. The van der Waals surface area contributed by atoms with Crippen molar-refractivity contribution in [3.05, 3.63) is 35.1 Å². The molecule has 1 atom stereocenters. The highest BCUT2D eigenvalue weighted by Crippen LogP contribution is 2.09. The fourth-order valence-corrected chi connectivity index (χ4v) is 1.72. The number of nitriles is 1. The molecule has 0 saturated heterocycles. The minimum Gasteiger partial charge on any atom is -0.310 e. The first-order chi connectivity index (χ1) is 8.15. The fourth-order valence-electron chi connectivity index (χ4n) is 1.72. The Hall–Kier alpha value is -1.40. The maximum atomic E-state index is 13.2. The van der Waals surface area contributed by atoms with E-state index in [-0.39, 0.29) is 5.82 Å². The predicted molar refractivity (Wildman–Crippen MR) is 66.9 cm³/mol. The number of benzene rings is 1. The van der Waals surface area contributed by atoms with Crippen molar-refractivity contribution in [3.8, 4) is 6.07 Å². The average Bonchev–Trinajstić information content (AvgIpc) is 2.33. The van der Waals surface area contributed by atoms with Gasteiger partial charge in [-0.2, -0.15) is 5.26 Å². The number of nitrogens with zero attached hydrogens (tertiary/aromatic N) is 1. The van der Waals surface area contributed by atoms with Crippen molar-refractivity contribution in [1.82, 2.24) is 5.32 Å². The van der Waals surface area contributed by atoms with Crippen molar-refractivity contribution in [1.29, 1.82) is 5.26 Å². The maximum Gasteiger partial charge on any atom is 0.124 e. The average molecular weight is 234 g/mol. The van der Waals surface area contributed by atoms with Gasteiger partial charge in [-0.15, -0.1) is 0 Å². The lowest BCUT2D eigenvalue weighted by atomic mass is 10.1. The summed E-state index contributed by atoms with van der Waals surface area (Å²) in [5.74, 6) is -0.345. The van der Waals surface area contributed by atoms with Crippen LogP contribution in [-0.4, -0.2) is 6.04 Å². The Morgan fingerprint density at radius 3 is 2.82 bits per heavy atom. The van der Waals surface area contributed by atoms with Crippen LogP contribution in [0.4, 0.5) is 4.39 Å². The van der Waals surface area contributed by atoms with Gasteiger partial charge < -0.3 is 5.32 Å². The van der Waals surface area contributed by atoms with E-state index in [0.717, 1.165) is 12.0 Å². The minimum atomic E-state index is -0.345. The summed E-state index contributed by atoms with van der Waals surface area (Å²) in [4.78, 5) is 0. The van der Waals surface area contributed by atoms with E-state index in [4.69, 9.17) is 5.26 Å². The molecule has 0 amide bonds. The van der Waals surface area contributed by atoms with Gasteiger partial charge in [-0.3, -0.25) is 0 Å². The van der Waals surface area contributed by atoms with Gasteiger partial charge in [0.05, 0.1) is 11.6 Å². The number of nitrogens with one attached hydrogen (secondary N) is 1. The molecule has 3 heteroatoms. The number of rotatable bonds is 6. The van der Waals surface area contributed by atoms with Crippen LogP contribution < -0.4 is 5.32 Å². The molecule has 92 valence electrons. The van der Waals surface area contributed by atoms with Crippen LogP contribution in [0.25, 0.3) is 0 Å². The molecule has 0 spiro atoms. The molecule has 0 bridgehead atoms. The lowest BCUT2D eigenvalue weighted by molar-refractivity contribution is 0.493. The van der Waals surface area contributed by atoms with Crippen molar-refractivity contribution in [2.75, 3.05) is 0 Å². The lowest BCUT2D eigenvalue weighted by Gasteiger charge is -2.13. The van der Waals surface area contributed by atoms with Gasteiger partial charge in [-0.25, -0.2) is 4.39 Å². The zero-order chi connectivity index (χ0) is 12.7. The van der Waals surface area contributed by atoms with Crippen LogP contribution in [0.5, 0.6) is 0 Å². The lowest BCUT2D eigenvalue weighted by Crippen LogP contribution is -2.25. The molecule has 0 aliphatic rings. The molecule has 1 aromatic carbocycles. The van der Waals surface area contributed by atoms with Gasteiger partial charge in [-0.05, 0) is 37.1 Å². The largest absolute Gasteiger partial charge is 0.310 e.